The van der Waals surface area contributed by atoms with Gasteiger partial charge in [0.1, 0.15) is 0 Å². The van der Waals surface area contributed by atoms with Gasteiger partial charge in [0, 0.05) is 30.6 Å². The van der Waals surface area contributed by atoms with Crippen LogP contribution in [0.1, 0.15) is 18.2 Å². The van der Waals surface area contributed by atoms with Crippen molar-refractivity contribution < 1.29 is 9.59 Å². The molecule has 0 bridgehead atoms. The van der Waals surface area contributed by atoms with Crippen LogP contribution in [0, 0.1) is 0 Å². The van der Waals surface area contributed by atoms with E-state index in [0.29, 0.717) is 17.4 Å². The number of amides is 2. The maximum absolute atomic E-state index is 12.6. The van der Waals surface area contributed by atoms with E-state index in [1.807, 2.05) is 53.9 Å². The molecule has 0 aliphatic carbocycles. The molecule has 0 unspecified atom stereocenters. The molecule has 0 spiro atoms. The molecule has 1 aliphatic rings. The summed E-state index contributed by atoms with van der Waals surface area (Å²) >= 11 is 1.37. The summed E-state index contributed by atoms with van der Waals surface area (Å²) in [6.07, 6.45) is 4.12. The first-order valence-electron chi connectivity index (χ1n) is 9.02. The molecule has 0 atom stereocenters. The number of aromatic nitrogens is 1. The highest BCUT2D eigenvalue weighted by Crippen LogP contribution is 2.30. The quantitative estimate of drug-likeness (QED) is 0.620. The van der Waals surface area contributed by atoms with Crippen LogP contribution in [0.2, 0.25) is 0 Å². The molecular formula is C22H19N3O2S. The smallest absolute Gasteiger partial charge is 0.251 e. The minimum atomic E-state index is -0.110. The van der Waals surface area contributed by atoms with Gasteiger partial charge in [-0.2, -0.15) is 0 Å². The zero-order valence-corrected chi connectivity index (χ0v) is 16.2. The van der Waals surface area contributed by atoms with E-state index in [9.17, 15) is 9.59 Å². The second kappa shape index (κ2) is 7.78. The van der Waals surface area contributed by atoms with E-state index in [1.165, 1.54) is 23.8 Å². The molecule has 0 saturated heterocycles. The molecular weight excluding hydrogens is 370 g/mol. The van der Waals surface area contributed by atoms with Gasteiger partial charge in [0.25, 0.3) is 5.91 Å². The van der Waals surface area contributed by atoms with Gasteiger partial charge >= 0.3 is 0 Å². The number of thiazole rings is 1. The first kappa shape index (κ1) is 18.1. The van der Waals surface area contributed by atoms with Crippen LogP contribution in [0.3, 0.4) is 0 Å². The Morgan fingerprint density at radius 1 is 1.11 bits per heavy atom. The van der Waals surface area contributed by atoms with Crippen molar-refractivity contribution in [3.8, 4) is 0 Å². The van der Waals surface area contributed by atoms with Crippen LogP contribution in [-0.2, 0) is 16.0 Å². The minimum Gasteiger partial charge on any atom is -0.308 e. The molecule has 3 aromatic rings. The fourth-order valence-electron chi connectivity index (χ4n) is 3.27. The lowest BCUT2D eigenvalue weighted by atomic mass is 10.2. The normalized spacial score (nSPS) is 13.0. The zero-order valence-electron chi connectivity index (χ0n) is 15.4. The maximum Gasteiger partial charge on any atom is 0.251 e. The summed E-state index contributed by atoms with van der Waals surface area (Å²) in [4.78, 5) is 32.6. The summed E-state index contributed by atoms with van der Waals surface area (Å²) in [6.45, 7) is 2.20. The van der Waals surface area contributed by atoms with Crippen LogP contribution in [0.4, 0.5) is 16.5 Å². The number of carbonyl (C=O) groups excluding carboxylic acids is 2. The molecule has 1 aromatic heterocycles. The third-order valence-electron chi connectivity index (χ3n) is 4.58. The average molecular weight is 389 g/mol. The summed E-state index contributed by atoms with van der Waals surface area (Å²) in [5.41, 5.74) is 3.59. The lowest BCUT2D eigenvalue weighted by Crippen LogP contribution is -2.26. The van der Waals surface area contributed by atoms with Crippen molar-refractivity contribution >= 4 is 45.7 Å². The number of nitrogens with zero attached hydrogens (tertiary/aromatic N) is 3. The van der Waals surface area contributed by atoms with Gasteiger partial charge in [0.2, 0.25) is 5.91 Å². The molecule has 2 amide bonds. The maximum atomic E-state index is 12.6. The summed E-state index contributed by atoms with van der Waals surface area (Å²) in [6, 6.07) is 17.4. The topological polar surface area (TPSA) is 53.5 Å². The van der Waals surface area contributed by atoms with Crippen molar-refractivity contribution in [3.63, 3.8) is 0 Å². The van der Waals surface area contributed by atoms with Crippen LogP contribution >= 0.6 is 11.3 Å². The summed E-state index contributed by atoms with van der Waals surface area (Å²) in [5.74, 6) is -0.174. The monoisotopic (exact) mass is 389 g/mol. The fraction of sp³-hybridized carbons (Fsp3) is 0.136. The number of benzene rings is 2. The van der Waals surface area contributed by atoms with E-state index >= 15 is 0 Å². The number of rotatable bonds is 4. The zero-order chi connectivity index (χ0) is 19.5. The molecule has 5 nitrogen and oxygen atoms in total. The Kier molecular flexibility index (Phi) is 5.04. The van der Waals surface area contributed by atoms with Gasteiger partial charge in [-0.1, -0.05) is 36.4 Å². The highest BCUT2D eigenvalue weighted by Gasteiger charge is 2.22. The van der Waals surface area contributed by atoms with E-state index in [1.54, 1.807) is 22.0 Å². The van der Waals surface area contributed by atoms with Crippen molar-refractivity contribution in [1.29, 1.82) is 0 Å². The van der Waals surface area contributed by atoms with Crippen LogP contribution in [-0.4, -0.2) is 23.3 Å². The van der Waals surface area contributed by atoms with Crippen molar-refractivity contribution in [3.05, 3.63) is 77.3 Å². The minimum absolute atomic E-state index is 0.0639. The molecule has 2 aromatic carbocycles. The highest BCUT2D eigenvalue weighted by atomic mass is 32.1. The predicted molar refractivity (Wildman–Crippen MR) is 113 cm³/mol. The van der Waals surface area contributed by atoms with Crippen molar-refractivity contribution in [2.75, 3.05) is 16.3 Å². The highest BCUT2D eigenvalue weighted by molar-refractivity contribution is 7.14. The molecule has 1 aliphatic heterocycles. The van der Waals surface area contributed by atoms with Crippen LogP contribution in [0.15, 0.2) is 66.1 Å². The van der Waals surface area contributed by atoms with Gasteiger partial charge in [0.05, 0.1) is 11.4 Å². The Morgan fingerprint density at radius 2 is 1.86 bits per heavy atom. The summed E-state index contributed by atoms with van der Waals surface area (Å²) < 4.78 is 0. The predicted octanol–water partition coefficient (Wildman–Crippen LogP) is 4.43. The molecule has 6 heteroatoms. The Balaban J connectivity index is 1.52. The van der Waals surface area contributed by atoms with E-state index in [-0.39, 0.29) is 11.8 Å². The number of hydrogen-bond acceptors (Lipinski definition) is 4. The molecule has 0 N–H and O–H groups in total. The van der Waals surface area contributed by atoms with E-state index < -0.39 is 0 Å². The SMILES string of the molecule is CC(=O)N(c1ccccc1)c1nc(C=CC(=O)N2CCc3ccccc32)cs1. The first-order valence-corrected chi connectivity index (χ1v) is 9.90. The number of fused-ring (bicyclic) bond motifs is 1. The molecule has 28 heavy (non-hydrogen) atoms. The number of para-hydroxylation sites is 2. The molecule has 2 heterocycles. The van der Waals surface area contributed by atoms with Gasteiger partial charge < -0.3 is 4.90 Å². The van der Waals surface area contributed by atoms with Gasteiger partial charge in [-0.05, 0) is 36.3 Å². The molecule has 0 radical (unpaired) electrons. The van der Waals surface area contributed by atoms with Gasteiger partial charge in [-0.15, -0.1) is 11.3 Å². The van der Waals surface area contributed by atoms with Gasteiger partial charge in [-0.25, -0.2) is 4.98 Å². The first-order chi connectivity index (χ1) is 13.6. The van der Waals surface area contributed by atoms with Crippen molar-refractivity contribution in [2.24, 2.45) is 0 Å². The van der Waals surface area contributed by atoms with Crippen LogP contribution in [0.25, 0.3) is 6.08 Å². The Morgan fingerprint density at radius 3 is 2.64 bits per heavy atom. The van der Waals surface area contributed by atoms with Gasteiger partial charge in [0.15, 0.2) is 5.13 Å². The lowest BCUT2D eigenvalue weighted by molar-refractivity contribution is -0.116. The third-order valence-corrected chi connectivity index (χ3v) is 5.42. The standard InChI is InChI=1S/C22H19N3O2S/c1-16(26)25(19-8-3-2-4-9-19)22-23-18(15-28-22)11-12-21(27)24-14-13-17-7-5-6-10-20(17)24/h2-12,15H,13-14H2,1H3. The van der Waals surface area contributed by atoms with Crippen LogP contribution < -0.4 is 9.80 Å². The molecule has 4 rings (SSSR count). The second-order valence-corrected chi connectivity index (χ2v) is 7.28. The summed E-state index contributed by atoms with van der Waals surface area (Å²) in [7, 11) is 0. The lowest BCUT2D eigenvalue weighted by Gasteiger charge is -2.17. The number of anilines is 3. The van der Waals surface area contributed by atoms with E-state index in [2.05, 4.69) is 11.1 Å². The number of hydrogen-bond donors (Lipinski definition) is 0. The van der Waals surface area contributed by atoms with Gasteiger partial charge in [-0.3, -0.25) is 14.5 Å². The third kappa shape index (κ3) is 3.59. The Labute approximate surface area is 167 Å². The van der Waals surface area contributed by atoms with Crippen molar-refractivity contribution in [2.45, 2.75) is 13.3 Å². The number of carbonyl (C=O) groups is 2. The average Bonchev–Trinajstić information content (AvgIpc) is 3.34. The van der Waals surface area contributed by atoms with Crippen molar-refractivity contribution in [1.82, 2.24) is 4.98 Å². The molecule has 0 saturated carbocycles. The molecule has 0 fully saturated rings. The van der Waals surface area contributed by atoms with E-state index in [4.69, 9.17) is 0 Å². The van der Waals surface area contributed by atoms with E-state index in [0.717, 1.165) is 17.8 Å². The summed E-state index contributed by atoms with van der Waals surface area (Å²) in [5, 5.41) is 2.42. The van der Waals surface area contributed by atoms with Crippen LogP contribution in [0.5, 0.6) is 0 Å². The fourth-order valence-corrected chi connectivity index (χ4v) is 4.13. The largest absolute Gasteiger partial charge is 0.308 e. The Hall–Kier alpha value is -3.25. The molecule has 140 valence electrons. The second-order valence-electron chi connectivity index (χ2n) is 6.45. The Bertz CT molecular complexity index is 1040.